The van der Waals surface area contributed by atoms with E-state index in [0.29, 0.717) is 11.2 Å². The molecule has 0 aliphatic heterocycles. The van der Waals surface area contributed by atoms with Gasteiger partial charge in [0.25, 0.3) is 0 Å². The molecule has 0 saturated heterocycles. The van der Waals surface area contributed by atoms with Gasteiger partial charge in [-0.1, -0.05) is 310 Å². The maximum absolute atomic E-state index is 9.66. The third-order valence-corrected chi connectivity index (χ3v) is 18.4. The van der Waals surface area contributed by atoms with Crippen LogP contribution in [-0.2, 0) is 0 Å². The molecule has 0 aliphatic carbocycles. The second-order valence-electron chi connectivity index (χ2n) is 23.5. The third kappa shape index (κ3) is 12.6. The summed E-state index contributed by atoms with van der Waals surface area (Å²) < 4.78 is 234. The number of aliphatic imine (C=N–C) groups is 1. The Morgan fingerprint density at radius 3 is 1.30 bits per heavy atom. The number of fused-ring (bicyclic) bond motifs is 6. The summed E-state index contributed by atoms with van der Waals surface area (Å²) in [5, 5.41) is 26.4. The minimum atomic E-state index is -1.53. The SMILES string of the molecule is Brc1c(-c2ccccc2)oc(-c2ccccc2)c1-c1ccccc1.C=Cc1ccc2ccc(-c3ccc(B(O)O)c4ccccc34)nc2c1N=C.[2HH].[2H][2H].[2H][2H].[2H][2H].[2H][2H].[2H][2H].[2H][2H].[2H][2H].[2H][2H].[2H][2H].[2H][2H].[2H][2H].[2H][2H].[2H][2H].[2H][2H].[2H][2H].[2H][2H].[2H][2H].[2H][2H].[2H][2H].[2H][2H].[2H][2H].[2H][2H].[3HH].[B].c1ccc(-c2oc(-c3ccccc3)c(-c3ccc(-c4ccc5ccc6cccnc6c5n4)c4ccccc34)c2-c2ccccc2)cc1. The zero-order valence-corrected chi connectivity index (χ0v) is 55.2. The topological polar surface area (TPSA) is 118 Å². The first-order valence-corrected chi connectivity index (χ1v) is 33.0. The molecule has 3 radical (unpaired) electrons. The van der Waals surface area contributed by atoms with Crippen LogP contribution in [0.3, 0.4) is 0 Å². The summed E-state index contributed by atoms with van der Waals surface area (Å²) in [4.78, 5) is 18.9. The molecule has 2 N–H and O–H groups in total. The van der Waals surface area contributed by atoms with Gasteiger partial charge in [-0.15, -0.1) is 0 Å². The third-order valence-electron chi connectivity index (χ3n) is 17.7. The van der Waals surface area contributed by atoms with Gasteiger partial charge in [-0.3, -0.25) is 9.98 Å². The van der Waals surface area contributed by atoms with Crippen molar-refractivity contribution >= 4 is 110 Å². The Morgan fingerprint density at radius 2 is 0.778 bits per heavy atom. The quantitative estimate of drug-likeness (QED) is 0.0711. The minimum Gasteiger partial charge on any atom is -0.455 e. The Kier molecular flexibility index (Phi) is 12.5. The van der Waals surface area contributed by atoms with E-state index in [9.17, 15) is 10.0 Å². The minimum absolute atomic E-state index is 0. The second-order valence-corrected chi connectivity index (χ2v) is 24.3. The molecule has 5 aromatic heterocycles. The molecule has 17 aromatic rings. The van der Waals surface area contributed by atoms with Crippen molar-refractivity contribution in [3.05, 3.63) is 338 Å². The molecular formula is C88H108B2BrN4O4. The molecule has 11 heteroatoms. The highest BCUT2D eigenvalue weighted by Gasteiger charge is 2.28. The van der Waals surface area contributed by atoms with Gasteiger partial charge in [-0.25, -0.2) is 9.97 Å². The normalized spacial score (nSPS) is 12.8. The Bertz CT molecular complexity index is 5910. The number of aromatic nitrogens is 3. The van der Waals surface area contributed by atoms with Crippen LogP contribution < -0.4 is 5.46 Å². The fraction of sp³-hybridized carbons (Fsp3) is 0. The standard InChI is InChI=1S/C44H28N2O.C22H17BN2O2.C22H15BrO.B.24H2/c1-4-13-29(14-5-1)39-40(44(33-17-8-3-9-18-33)47-43(39)32-15-6-2-7-16-32)37-26-25-36(34-20-10-11-21-35(34)37)38-27-24-31-23-22-30-19-12-28-45-41(30)42(31)46-38;1-3-14-8-9-15-10-13-20(25-22(15)21(14)24-2)18-11-12-19(23(26)27)17-7-5-4-6-16(17)18;23-20-19(16-10-4-1-5-11-16)21(17-12-6-2-7-13-17)24-22(20)18-14-8-3-9-15-18;;;;;;;;;;;;;;;;;;;;;;;;;/h1-28H;3-13,26-27H,1-2H2;1-15H;;24*1H/i;;;;1+2;22*1+1D;1+1. The van der Waals surface area contributed by atoms with Gasteiger partial charge in [0.1, 0.15) is 23.0 Å². The van der Waals surface area contributed by atoms with E-state index in [1.54, 1.807) is 12.1 Å². The number of rotatable bonds is 12. The summed E-state index contributed by atoms with van der Waals surface area (Å²) >= 11 is 3.78. The fourth-order valence-corrected chi connectivity index (χ4v) is 13.8. The predicted molar refractivity (Wildman–Crippen MR) is 467 cm³/mol. The lowest BCUT2D eigenvalue weighted by Gasteiger charge is -2.14. The van der Waals surface area contributed by atoms with Crippen LogP contribution >= 0.6 is 15.9 Å². The summed E-state index contributed by atoms with van der Waals surface area (Å²) in [6, 6.07) is 107. The fourth-order valence-electron chi connectivity index (χ4n) is 13.1. The first-order chi connectivity index (χ1) is 70.3. The summed E-state index contributed by atoms with van der Waals surface area (Å²) in [5.74, 6) is 3.44. The van der Waals surface area contributed by atoms with Crippen molar-refractivity contribution in [1.82, 2.24) is 15.0 Å². The molecule has 0 spiro atoms. The van der Waals surface area contributed by atoms with Crippen molar-refractivity contribution in [2.45, 2.75) is 0 Å². The summed E-state index contributed by atoms with van der Waals surface area (Å²) in [5.41, 5.74) is 19.1. The molecule has 5 heterocycles. The smallest absolute Gasteiger partial charge is 0.455 e. The van der Waals surface area contributed by atoms with Crippen LogP contribution in [0, 0.1) is 0 Å². The maximum atomic E-state index is 9.66. The molecule has 0 saturated carbocycles. The van der Waals surface area contributed by atoms with Crippen molar-refractivity contribution < 1.29 is 87.1 Å². The van der Waals surface area contributed by atoms with E-state index >= 15 is 0 Å². The van der Waals surface area contributed by atoms with Crippen LogP contribution in [-0.4, -0.2) is 47.2 Å². The van der Waals surface area contributed by atoms with E-state index in [1.807, 2.05) is 134 Å². The molecule has 17 rings (SSSR count). The molecule has 8 nitrogen and oxygen atoms in total. The van der Waals surface area contributed by atoms with Gasteiger partial charge in [0.2, 0.25) is 0 Å². The van der Waals surface area contributed by atoms with Gasteiger partial charge >= 0.3 is 7.12 Å². The second kappa shape index (κ2) is 28.7. The van der Waals surface area contributed by atoms with E-state index in [2.05, 4.69) is 216 Å². The van der Waals surface area contributed by atoms with Crippen LogP contribution in [0.1, 0.15) is 73.7 Å². The Morgan fingerprint density at radius 1 is 0.394 bits per heavy atom. The molecule has 0 amide bonds. The van der Waals surface area contributed by atoms with E-state index in [4.69, 9.17) is 89.1 Å². The van der Waals surface area contributed by atoms with Crippen LogP contribution in [0.25, 0.3) is 162 Å². The summed E-state index contributed by atoms with van der Waals surface area (Å²) in [6.45, 7) is 7.51. The first kappa shape index (κ1) is 43.1. The van der Waals surface area contributed by atoms with Crippen LogP contribution in [0.5, 0.6) is 0 Å². The number of hydrogen-bond donors (Lipinski definition) is 2. The molecule has 517 valence electrons. The van der Waals surface area contributed by atoms with Gasteiger partial charge in [0.15, 0.2) is 0 Å². The molecule has 99 heavy (non-hydrogen) atoms. The Hall–Kier alpha value is -12.1. The van der Waals surface area contributed by atoms with Crippen molar-refractivity contribution in [2.75, 3.05) is 0 Å². The van der Waals surface area contributed by atoms with Gasteiger partial charge in [0.05, 0.1) is 38.1 Å². The molecule has 0 bridgehead atoms. The lowest BCUT2D eigenvalue weighted by atomic mass is 9.76. The highest BCUT2D eigenvalue weighted by Crippen LogP contribution is 2.51. The number of furan rings is 2. The molecule has 0 fully saturated rings. The van der Waals surface area contributed by atoms with E-state index in [-0.39, 0.29) is 11.3 Å². The zero-order chi connectivity index (χ0) is 110. The summed E-state index contributed by atoms with van der Waals surface area (Å²) in [7, 11) is -1.53. The highest BCUT2D eigenvalue weighted by molar-refractivity contribution is 9.10. The maximum Gasteiger partial charge on any atom is 0.489 e. The van der Waals surface area contributed by atoms with Gasteiger partial charge in [0, 0.05) is 155 Å². The average molecular weight is 1430 g/mol. The van der Waals surface area contributed by atoms with Gasteiger partial charge in [-0.05, 0) is 84.5 Å². The molecular weight excluding hydrogens is 1280 g/mol. The average Bonchev–Trinajstić information content (AvgIpc) is 1.59. The predicted octanol–water partition coefficient (Wildman–Crippen LogP) is 28.1. The number of benzene rings is 12. The van der Waals surface area contributed by atoms with Crippen molar-refractivity contribution in [3.63, 3.8) is 0 Å². The monoisotopic (exact) mass is 1430 g/mol. The number of nitrogens with zero attached hydrogens (tertiary/aromatic N) is 4. The number of pyridine rings is 3. The lowest BCUT2D eigenvalue weighted by molar-refractivity contribution is 0.426. The van der Waals surface area contributed by atoms with Crippen LogP contribution in [0.15, 0.2) is 347 Å². The van der Waals surface area contributed by atoms with Gasteiger partial charge in [-0.2, -0.15) is 0 Å². The van der Waals surface area contributed by atoms with E-state index in [0.717, 1.165) is 165 Å². The van der Waals surface area contributed by atoms with Crippen LogP contribution in [0.2, 0.25) is 0 Å². The van der Waals surface area contributed by atoms with E-state index in [1.165, 1.54) is 0 Å². The summed E-state index contributed by atoms with van der Waals surface area (Å²) in [6.07, 6.45) is 3.58. The van der Waals surface area contributed by atoms with Crippen molar-refractivity contribution in [2.24, 2.45) is 4.99 Å². The first-order valence-electron chi connectivity index (χ1n) is 54.2. The van der Waals surface area contributed by atoms with E-state index < -0.39 is 7.12 Å². The molecule has 0 unspecified atom stereocenters. The zero-order valence-electron chi connectivity index (χ0n) is 97.6. The molecule has 0 atom stereocenters. The van der Waals surface area contributed by atoms with Crippen molar-refractivity contribution in [3.8, 4) is 101 Å². The Balaban J connectivity index is -0.000000178. The Labute approximate surface area is 655 Å². The number of hydrogen-bond acceptors (Lipinski definition) is 8. The largest absolute Gasteiger partial charge is 0.489 e. The van der Waals surface area contributed by atoms with Gasteiger partial charge < -0.3 is 18.9 Å². The number of halogens is 1. The lowest BCUT2D eigenvalue weighted by Crippen LogP contribution is -2.30. The van der Waals surface area contributed by atoms with Crippen LogP contribution in [0.4, 0.5) is 5.69 Å². The highest BCUT2D eigenvalue weighted by atomic mass is 79.9. The van der Waals surface area contributed by atoms with Crippen molar-refractivity contribution in [1.29, 1.82) is 0 Å². The molecule has 0 aliphatic rings. The molecule has 12 aromatic carbocycles.